The van der Waals surface area contributed by atoms with Gasteiger partial charge in [-0.3, -0.25) is 0 Å². The maximum atomic E-state index is 11.0. The number of hydrogen-bond donors (Lipinski definition) is 1. The molecule has 5 heteroatoms. The number of ether oxygens (including phenoxy) is 2. The third-order valence-corrected chi connectivity index (χ3v) is 3.09. The summed E-state index contributed by atoms with van der Waals surface area (Å²) in [6, 6.07) is 5.27. The van der Waals surface area contributed by atoms with E-state index in [1.165, 1.54) is 7.11 Å². The van der Waals surface area contributed by atoms with E-state index in [1.54, 1.807) is 12.1 Å². The maximum Gasteiger partial charge on any atom is 0.347 e. The largest absolute Gasteiger partial charge is 0.478 e. The molecule has 0 bridgehead atoms. The lowest BCUT2D eigenvalue weighted by atomic mass is 10.1. The molecule has 1 aromatic rings. The molecule has 1 aliphatic carbocycles. The summed E-state index contributed by atoms with van der Waals surface area (Å²) in [4.78, 5) is 11.0. The van der Waals surface area contributed by atoms with Crippen LogP contribution in [0.3, 0.4) is 0 Å². The third kappa shape index (κ3) is 3.15. The number of benzene rings is 1. The van der Waals surface area contributed by atoms with E-state index in [9.17, 15) is 4.79 Å². The molecule has 0 amide bonds. The predicted octanol–water partition coefficient (Wildman–Crippen LogP) is 2.70. The lowest BCUT2D eigenvalue weighted by molar-refractivity contribution is -0.147. The van der Waals surface area contributed by atoms with Crippen LogP contribution in [0.2, 0.25) is 5.02 Å². The molecular weight excluding hydrogens is 256 g/mol. The van der Waals surface area contributed by atoms with Gasteiger partial charge in [-0.05, 0) is 42.5 Å². The summed E-state index contributed by atoms with van der Waals surface area (Å²) in [5.41, 5.74) is 0.991. The third-order valence-electron chi connectivity index (χ3n) is 2.85. The number of rotatable bonds is 6. The Morgan fingerprint density at radius 2 is 2.28 bits per heavy atom. The Balaban J connectivity index is 2.19. The normalized spacial score (nSPS) is 16.3. The van der Waals surface area contributed by atoms with Crippen molar-refractivity contribution in [3.63, 3.8) is 0 Å². The highest BCUT2D eigenvalue weighted by molar-refractivity contribution is 6.30. The fourth-order valence-electron chi connectivity index (χ4n) is 1.80. The lowest BCUT2D eigenvalue weighted by Gasteiger charge is -2.17. The van der Waals surface area contributed by atoms with Crippen molar-refractivity contribution in [3.05, 3.63) is 28.8 Å². The van der Waals surface area contributed by atoms with Crippen molar-refractivity contribution >= 4 is 17.6 Å². The van der Waals surface area contributed by atoms with Crippen LogP contribution in [0.25, 0.3) is 0 Å². The Hall–Kier alpha value is -1.26. The number of methoxy groups -OCH3 is 1. The highest BCUT2D eigenvalue weighted by atomic mass is 35.5. The van der Waals surface area contributed by atoms with Crippen LogP contribution in [0, 0.1) is 0 Å². The first-order valence-electron chi connectivity index (χ1n) is 5.79. The van der Waals surface area contributed by atoms with Gasteiger partial charge in [0.05, 0.1) is 6.61 Å². The zero-order valence-electron chi connectivity index (χ0n) is 10.1. The molecule has 0 aliphatic heterocycles. The van der Waals surface area contributed by atoms with Gasteiger partial charge in [0.2, 0.25) is 6.10 Å². The van der Waals surface area contributed by atoms with E-state index in [4.69, 9.17) is 26.2 Å². The van der Waals surface area contributed by atoms with Crippen molar-refractivity contribution in [2.45, 2.75) is 24.9 Å². The molecule has 1 aliphatic rings. The molecule has 1 unspecified atom stereocenters. The van der Waals surface area contributed by atoms with E-state index in [0.717, 1.165) is 18.4 Å². The van der Waals surface area contributed by atoms with Gasteiger partial charge < -0.3 is 14.6 Å². The Kier molecular flexibility index (Phi) is 4.09. The van der Waals surface area contributed by atoms with Gasteiger partial charge in [0.1, 0.15) is 5.75 Å². The Bertz CT molecular complexity index is 443. The monoisotopic (exact) mass is 270 g/mol. The van der Waals surface area contributed by atoms with Crippen LogP contribution in [0.15, 0.2) is 18.2 Å². The average molecular weight is 271 g/mol. The fourth-order valence-corrected chi connectivity index (χ4v) is 1.98. The summed E-state index contributed by atoms with van der Waals surface area (Å²) in [7, 11) is 1.45. The van der Waals surface area contributed by atoms with Gasteiger partial charge in [0.15, 0.2) is 0 Å². The number of aliphatic carboxylic acids is 1. The van der Waals surface area contributed by atoms with Crippen molar-refractivity contribution < 1.29 is 19.4 Å². The SMILES string of the molecule is COCC(Oc1ccc(Cl)cc1C1CC1)C(=O)O. The lowest BCUT2D eigenvalue weighted by Crippen LogP contribution is -2.31. The Labute approximate surface area is 110 Å². The molecule has 1 N–H and O–H groups in total. The second-order valence-corrected chi connectivity index (χ2v) is 4.79. The van der Waals surface area contributed by atoms with E-state index in [1.807, 2.05) is 6.07 Å². The van der Waals surface area contributed by atoms with Crippen LogP contribution < -0.4 is 4.74 Å². The van der Waals surface area contributed by atoms with Crippen molar-refractivity contribution in [2.75, 3.05) is 13.7 Å². The first kappa shape index (κ1) is 13.2. The van der Waals surface area contributed by atoms with E-state index >= 15 is 0 Å². The average Bonchev–Trinajstić information content (AvgIpc) is 3.14. The predicted molar refractivity (Wildman–Crippen MR) is 67.4 cm³/mol. The van der Waals surface area contributed by atoms with Gasteiger partial charge in [-0.2, -0.15) is 0 Å². The molecule has 18 heavy (non-hydrogen) atoms. The molecular formula is C13H15ClO4. The van der Waals surface area contributed by atoms with Gasteiger partial charge in [0.25, 0.3) is 0 Å². The molecule has 1 saturated carbocycles. The molecule has 0 spiro atoms. The van der Waals surface area contributed by atoms with Crippen molar-refractivity contribution in [1.29, 1.82) is 0 Å². The number of carboxylic acid groups (broad SMARTS) is 1. The topological polar surface area (TPSA) is 55.8 Å². The minimum Gasteiger partial charge on any atom is -0.478 e. The highest BCUT2D eigenvalue weighted by Crippen LogP contribution is 2.45. The molecule has 1 atom stereocenters. The molecule has 4 nitrogen and oxygen atoms in total. The minimum absolute atomic E-state index is 0.0159. The summed E-state index contributed by atoms with van der Waals surface area (Å²) in [6.07, 6.45) is 1.20. The molecule has 0 radical (unpaired) electrons. The second kappa shape index (κ2) is 5.59. The number of carboxylic acids is 1. The van der Waals surface area contributed by atoms with Gasteiger partial charge >= 0.3 is 5.97 Å². The summed E-state index contributed by atoms with van der Waals surface area (Å²) in [6.45, 7) is 0.0159. The number of halogens is 1. The number of carbonyl (C=O) groups is 1. The van der Waals surface area contributed by atoms with Gasteiger partial charge in [-0.1, -0.05) is 11.6 Å². The Morgan fingerprint density at radius 3 is 2.83 bits per heavy atom. The van der Waals surface area contributed by atoms with Crippen LogP contribution >= 0.6 is 11.6 Å². The van der Waals surface area contributed by atoms with E-state index in [2.05, 4.69) is 0 Å². The highest BCUT2D eigenvalue weighted by Gasteiger charge is 2.29. The van der Waals surface area contributed by atoms with Gasteiger partial charge in [-0.15, -0.1) is 0 Å². The maximum absolute atomic E-state index is 11.0. The fraction of sp³-hybridized carbons (Fsp3) is 0.462. The van der Waals surface area contributed by atoms with Crippen LogP contribution in [-0.2, 0) is 9.53 Å². The van der Waals surface area contributed by atoms with E-state index in [0.29, 0.717) is 16.7 Å². The van der Waals surface area contributed by atoms with Crippen molar-refractivity contribution in [3.8, 4) is 5.75 Å². The molecule has 0 aromatic heterocycles. The first-order chi connectivity index (χ1) is 8.61. The summed E-state index contributed by atoms with van der Waals surface area (Å²) in [5.74, 6) is -0.00409. The first-order valence-corrected chi connectivity index (χ1v) is 6.17. The quantitative estimate of drug-likeness (QED) is 0.863. The zero-order chi connectivity index (χ0) is 13.1. The standard InChI is InChI=1S/C13H15ClO4/c1-17-7-12(13(15)16)18-11-5-4-9(14)6-10(11)8-2-3-8/h4-6,8,12H,2-3,7H2,1H3,(H,15,16). The van der Waals surface area contributed by atoms with E-state index in [-0.39, 0.29) is 6.61 Å². The second-order valence-electron chi connectivity index (χ2n) is 4.36. The summed E-state index contributed by atoms with van der Waals surface area (Å²) >= 11 is 5.95. The van der Waals surface area contributed by atoms with Crippen molar-refractivity contribution in [2.24, 2.45) is 0 Å². The summed E-state index contributed by atoms with van der Waals surface area (Å²) in [5, 5.41) is 9.68. The molecule has 2 rings (SSSR count). The minimum atomic E-state index is -1.03. The smallest absolute Gasteiger partial charge is 0.347 e. The van der Waals surface area contributed by atoms with Crippen LogP contribution in [0.4, 0.5) is 0 Å². The molecule has 0 heterocycles. The molecule has 98 valence electrons. The summed E-state index contributed by atoms with van der Waals surface area (Å²) < 4.78 is 10.4. The van der Waals surface area contributed by atoms with Crippen LogP contribution in [0.1, 0.15) is 24.3 Å². The zero-order valence-corrected chi connectivity index (χ0v) is 10.8. The molecule has 1 fully saturated rings. The van der Waals surface area contributed by atoms with E-state index < -0.39 is 12.1 Å². The molecule has 1 aromatic carbocycles. The van der Waals surface area contributed by atoms with Crippen LogP contribution in [0.5, 0.6) is 5.75 Å². The number of hydrogen-bond acceptors (Lipinski definition) is 3. The van der Waals surface area contributed by atoms with Crippen molar-refractivity contribution in [1.82, 2.24) is 0 Å². The molecule has 0 saturated heterocycles. The van der Waals surface area contributed by atoms with Gasteiger partial charge in [-0.25, -0.2) is 4.79 Å². The van der Waals surface area contributed by atoms with Crippen LogP contribution in [-0.4, -0.2) is 30.9 Å². The van der Waals surface area contributed by atoms with Gasteiger partial charge in [0, 0.05) is 12.1 Å². The Morgan fingerprint density at radius 1 is 1.56 bits per heavy atom.